The minimum atomic E-state index is -0.0791. The van der Waals surface area contributed by atoms with Crippen LogP contribution in [-0.4, -0.2) is 86.8 Å². The standard InChI is InChI=1S/C15H25N7O2/c1-16-14(20-12-13(23)17-6-11-24-2)21-7-9-22(10-8-21)15-18-4-3-5-19-15/h3-5H,6-12H2,1-2H3,(H,16,20)(H,17,23). The zero-order valence-electron chi connectivity index (χ0n) is 14.2. The number of anilines is 1. The lowest BCUT2D eigenvalue weighted by Gasteiger charge is -2.36. The molecular formula is C15H25N7O2. The fourth-order valence-electron chi connectivity index (χ4n) is 2.42. The number of nitrogens with zero attached hydrogens (tertiary/aromatic N) is 5. The van der Waals surface area contributed by atoms with E-state index < -0.39 is 0 Å². The molecule has 0 atom stereocenters. The third-order valence-electron chi connectivity index (χ3n) is 3.66. The zero-order chi connectivity index (χ0) is 17.2. The molecule has 0 bridgehead atoms. The first-order chi connectivity index (χ1) is 11.7. The molecule has 1 aliphatic rings. The maximum absolute atomic E-state index is 11.7. The van der Waals surface area contributed by atoms with Crippen LogP contribution in [-0.2, 0) is 9.53 Å². The third-order valence-corrected chi connectivity index (χ3v) is 3.66. The molecular weight excluding hydrogens is 310 g/mol. The predicted octanol–water partition coefficient (Wildman–Crippen LogP) is -1.06. The van der Waals surface area contributed by atoms with Crippen molar-refractivity contribution in [3.63, 3.8) is 0 Å². The van der Waals surface area contributed by atoms with Crippen LogP contribution in [0.25, 0.3) is 0 Å². The van der Waals surface area contributed by atoms with Gasteiger partial charge in [0.15, 0.2) is 5.96 Å². The predicted molar refractivity (Wildman–Crippen MR) is 92.1 cm³/mol. The molecule has 1 aliphatic heterocycles. The van der Waals surface area contributed by atoms with Crippen LogP contribution in [0.2, 0.25) is 0 Å². The van der Waals surface area contributed by atoms with Crippen LogP contribution < -0.4 is 15.5 Å². The Kier molecular flexibility index (Phi) is 7.21. The summed E-state index contributed by atoms with van der Waals surface area (Å²) in [6.45, 7) is 4.41. The summed E-state index contributed by atoms with van der Waals surface area (Å²) in [6.07, 6.45) is 3.49. The number of hydrogen-bond acceptors (Lipinski definition) is 6. The van der Waals surface area contributed by atoms with Gasteiger partial charge < -0.3 is 25.2 Å². The van der Waals surface area contributed by atoms with Crippen LogP contribution in [0.4, 0.5) is 5.95 Å². The van der Waals surface area contributed by atoms with Gasteiger partial charge in [-0.25, -0.2) is 9.97 Å². The van der Waals surface area contributed by atoms with E-state index in [1.54, 1.807) is 26.6 Å². The van der Waals surface area contributed by atoms with Gasteiger partial charge in [0.2, 0.25) is 11.9 Å². The third kappa shape index (κ3) is 5.34. The number of amides is 1. The van der Waals surface area contributed by atoms with E-state index in [9.17, 15) is 4.79 Å². The number of nitrogens with one attached hydrogen (secondary N) is 2. The van der Waals surface area contributed by atoms with E-state index in [1.165, 1.54) is 0 Å². The smallest absolute Gasteiger partial charge is 0.239 e. The van der Waals surface area contributed by atoms with E-state index in [2.05, 4.69) is 35.4 Å². The Morgan fingerprint density at radius 3 is 2.58 bits per heavy atom. The number of hydrogen-bond donors (Lipinski definition) is 2. The van der Waals surface area contributed by atoms with Crippen molar-refractivity contribution in [3.8, 4) is 0 Å². The van der Waals surface area contributed by atoms with E-state index in [1.807, 2.05) is 6.07 Å². The van der Waals surface area contributed by atoms with Crippen LogP contribution in [0.1, 0.15) is 0 Å². The first kappa shape index (κ1) is 17.9. The van der Waals surface area contributed by atoms with E-state index in [0.717, 1.165) is 38.1 Å². The molecule has 1 aromatic heterocycles. The number of aromatic nitrogens is 2. The number of aliphatic imine (C=N–C) groups is 1. The van der Waals surface area contributed by atoms with E-state index in [-0.39, 0.29) is 12.5 Å². The van der Waals surface area contributed by atoms with Crippen molar-refractivity contribution in [2.75, 3.05) is 64.9 Å². The summed E-state index contributed by atoms with van der Waals surface area (Å²) in [5.74, 6) is 1.40. The average Bonchev–Trinajstić information content (AvgIpc) is 2.64. The monoisotopic (exact) mass is 335 g/mol. The Bertz CT molecular complexity index is 530. The van der Waals surface area contributed by atoms with Gasteiger partial charge in [-0.3, -0.25) is 9.79 Å². The first-order valence-electron chi connectivity index (χ1n) is 7.97. The summed E-state index contributed by atoms with van der Waals surface area (Å²) >= 11 is 0. The average molecular weight is 335 g/mol. The van der Waals surface area contributed by atoms with Gasteiger partial charge in [-0.2, -0.15) is 0 Å². The maximum atomic E-state index is 11.7. The minimum absolute atomic E-state index is 0.0791. The molecule has 0 saturated carbocycles. The number of piperazine rings is 1. The summed E-state index contributed by atoms with van der Waals surface area (Å²) < 4.78 is 4.90. The maximum Gasteiger partial charge on any atom is 0.239 e. The molecule has 0 radical (unpaired) electrons. The first-order valence-corrected chi connectivity index (χ1v) is 7.97. The number of ether oxygens (including phenoxy) is 1. The summed E-state index contributed by atoms with van der Waals surface area (Å²) in [5.41, 5.74) is 0. The Balaban J connectivity index is 1.76. The lowest BCUT2D eigenvalue weighted by molar-refractivity contribution is -0.120. The van der Waals surface area contributed by atoms with Crippen LogP contribution in [0, 0.1) is 0 Å². The molecule has 0 unspecified atom stereocenters. The van der Waals surface area contributed by atoms with Crippen molar-refractivity contribution in [3.05, 3.63) is 18.5 Å². The van der Waals surface area contributed by atoms with Gasteiger partial charge in [0.25, 0.3) is 0 Å². The van der Waals surface area contributed by atoms with Gasteiger partial charge in [-0.05, 0) is 6.07 Å². The largest absolute Gasteiger partial charge is 0.383 e. The number of carbonyl (C=O) groups is 1. The molecule has 132 valence electrons. The van der Waals surface area contributed by atoms with Gasteiger partial charge in [0.1, 0.15) is 0 Å². The molecule has 9 heteroatoms. The molecule has 0 aromatic carbocycles. The van der Waals surface area contributed by atoms with Crippen LogP contribution in [0.15, 0.2) is 23.5 Å². The van der Waals surface area contributed by atoms with Crippen molar-refractivity contribution in [1.82, 2.24) is 25.5 Å². The highest BCUT2D eigenvalue weighted by Gasteiger charge is 2.21. The highest BCUT2D eigenvalue weighted by atomic mass is 16.5. The van der Waals surface area contributed by atoms with Crippen molar-refractivity contribution in [2.45, 2.75) is 0 Å². The number of guanidine groups is 1. The Labute approximate surface area is 142 Å². The van der Waals surface area contributed by atoms with Crippen molar-refractivity contribution in [2.24, 2.45) is 4.99 Å². The van der Waals surface area contributed by atoms with Crippen LogP contribution in [0.3, 0.4) is 0 Å². The fraction of sp³-hybridized carbons (Fsp3) is 0.600. The van der Waals surface area contributed by atoms with Gasteiger partial charge in [0.05, 0.1) is 13.2 Å². The second-order valence-corrected chi connectivity index (χ2v) is 5.27. The molecule has 2 rings (SSSR count). The summed E-state index contributed by atoms with van der Waals surface area (Å²) in [4.78, 5) is 28.8. The quantitative estimate of drug-likeness (QED) is 0.389. The molecule has 1 aromatic rings. The fourth-order valence-corrected chi connectivity index (χ4v) is 2.42. The lowest BCUT2D eigenvalue weighted by atomic mass is 10.3. The highest BCUT2D eigenvalue weighted by Crippen LogP contribution is 2.09. The molecule has 0 spiro atoms. The van der Waals surface area contributed by atoms with E-state index in [4.69, 9.17) is 4.74 Å². The van der Waals surface area contributed by atoms with Gasteiger partial charge in [-0.1, -0.05) is 0 Å². The van der Waals surface area contributed by atoms with Crippen LogP contribution >= 0.6 is 0 Å². The van der Waals surface area contributed by atoms with Gasteiger partial charge >= 0.3 is 0 Å². The molecule has 9 nitrogen and oxygen atoms in total. The molecule has 1 fully saturated rings. The minimum Gasteiger partial charge on any atom is -0.383 e. The molecule has 24 heavy (non-hydrogen) atoms. The summed E-state index contributed by atoms with van der Waals surface area (Å²) in [7, 11) is 3.32. The molecule has 1 saturated heterocycles. The summed E-state index contributed by atoms with van der Waals surface area (Å²) in [6, 6.07) is 1.81. The van der Waals surface area contributed by atoms with Crippen LogP contribution in [0.5, 0.6) is 0 Å². The molecule has 2 heterocycles. The second-order valence-electron chi connectivity index (χ2n) is 5.27. The number of rotatable bonds is 6. The number of methoxy groups -OCH3 is 1. The summed E-state index contributed by atoms with van der Waals surface area (Å²) in [5, 5.41) is 5.86. The van der Waals surface area contributed by atoms with Crippen molar-refractivity contribution >= 4 is 17.8 Å². The highest BCUT2D eigenvalue weighted by molar-refractivity contribution is 5.86. The molecule has 0 aliphatic carbocycles. The van der Waals surface area contributed by atoms with Crippen molar-refractivity contribution in [1.29, 1.82) is 0 Å². The second kappa shape index (κ2) is 9.66. The Morgan fingerprint density at radius 1 is 1.25 bits per heavy atom. The Hall–Kier alpha value is -2.42. The Morgan fingerprint density at radius 2 is 1.96 bits per heavy atom. The topological polar surface area (TPSA) is 95.0 Å². The lowest BCUT2D eigenvalue weighted by Crippen LogP contribution is -2.54. The van der Waals surface area contributed by atoms with E-state index >= 15 is 0 Å². The molecule has 2 N–H and O–H groups in total. The van der Waals surface area contributed by atoms with Gasteiger partial charge in [-0.15, -0.1) is 0 Å². The zero-order valence-corrected chi connectivity index (χ0v) is 14.2. The number of carbonyl (C=O) groups excluding carboxylic acids is 1. The van der Waals surface area contributed by atoms with Crippen molar-refractivity contribution < 1.29 is 9.53 Å². The van der Waals surface area contributed by atoms with E-state index in [0.29, 0.717) is 13.2 Å². The molecule has 1 amide bonds. The normalized spacial score (nSPS) is 15.3. The van der Waals surface area contributed by atoms with Gasteiger partial charge in [0, 0.05) is 59.3 Å². The SMILES string of the molecule is CN=C(NCC(=O)NCCOC)N1CCN(c2ncccn2)CC1.